The monoisotopic (exact) mass is 361 g/mol. The third kappa shape index (κ3) is 4.81. The number of aliphatic hydroxyl groups is 1. The van der Waals surface area contributed by atoms with Gasteiger partial charge in [0.25, 0.3) is 0 Å². The average molecular weight is 361 g/mol. The molecule has 0 aliphatic carbocycles. The molecule has 0 amide bonds. The van der Waals surface area contributed by atoms with Crippen molar-refractivity contribution in [1.29, 1.82) is 0 Å². The number of thiophene rings is 1. The van der Waals surface area contributed by atoms with Gasteiger partial charge in [-0.2, -0.15) is 0 Å². The summed E-state index contributed by atoms with van der Waals surface area (Å²) in [6.07, 6.45) is 0.500. The molecule has 2 heterocycles. The summed E-state index contributed by atoms with van der Waals surface area (Å²) in [5.41, 5.74) is 1.87. The van der Waals surface area contributed by atoms with Crippen molar-refractivity contribution in [2.75, 3.05) is 26.3 Å². The van der Waals surface area contributed by atoms with Gasteiger partial charge in [0.2, 0.25) is 0 Å². The summed E-state index contributed by atoms with van der Waals surface area (Å²) in [7, 11) is 0. The van der Waals surface area contributed by atoms with Gasteiger partial charge in [0.05, 0.1) is 12.2 Å². The number of carbonyl (C=O) groups excluding carboxylic acids is 1. The molecule has 5 nitrogen and oxygen atoms in total. The van der Waals surface area contributed by atoms with Crippen LogP contribution in [-0.4, -0.2) is 48.4 Å². The Morgan fingerprint density at radius 3 is 2.88 bits per heavy atom. The van der Waals surface area contributed by atoms with Crippen molar-refractivity contribution in [2.45, 2.75) is 26.0 Å². The van der Waals surface area contributed by atoms with E-state index in [1.54, 1.807) is 31.2 Å². The maximum absolute atomic E-state index is 11.6. The molecule has 0 unspecified atom stereocenters. The van der Waals surface area contributed by atoms with E-state index in [9.17, 15) is 9.90 Å². The average Bonchev–Trinajstić information content (AvgIpc) is 3.08. The largest absolute Gasteiger partial charge is 0.491 e. The van der Waals surface area contributed by atoms with E-state index < -0.39 is 6.10 Å². The quantitative estimate of drug-likeness (QED) is 0.769. The Labute approximate surface area is 151 Å². The summed E-state index contributed by atoms with van der Waals surface area (Å²) >= 11 is 1.81. The Morgan fingerprint density at radius 1 is 1.32 bits per heavy atom. The fourth-order valence-electron chi connectivity index (χ4n) is 2.91. The predicted molar refractivity (Wildman–Crippen MR) is 97.2 cm³/mol. The third-order valence-electron chi connectivity index (χ3n) is 4.16. The fraction of sp³-hybridized carbons (Fsp3) is 0.421. The van der Waals surface area contributed by atoms with E-state index in [-0.39, 0.29) is 12.6 Å². The maximum Gasteiger partial charge on any atom is 0.338 e. The van der Waals surface area contributed by atoms with Crippen LogP contribution in [-0.2, 0) is 17.7 Å². The number of esters is 1. The second kappa shape index (κ2) is 8.47. The normalized spacial score (nSPS) is 15.4. The molecule has 3 rings (SSSR count). The number of carbonyl (C=O) groups is 1. The van der Waals surface area contributed by atoms with Gasteiger partial charge in [-0.1, -0.05) is 0 Å². The highest BCUT2D eigenvalue weighted by molar-refractivity contribution is 7.10. The highest BCUT2D eigenvalue weighted by atomic mass is 32.1. The zero-order valence-corrected chi connectivity index (χ0v) is 15.1. The molecule has 1 aromatic carbocycles. The summed E-state index contributed by atoms with van der Waals surface area (Å²) in [5.74, 6) is 0.290. The lowest BCUT2D eigenvalue weighted by molar-refractivity contribution is 0.0525. The topological polar surface area (TPSA) is 59.0 Å². The smallest absolute Gasteiger partial charge is 0.338 e. The summed E-state index contributed by atoms with van der Waals surface area (Å²) in [4.78, 5) is 15.3. The van der Waals surface area contributed by atoms with E-state index >= 15 is 0 Å². The molecular weight excluding hydrogens is 338 g/mol. The van der Waals surface area contributed by atoms with Crippen LogP contribution in [0.15, 0.2) is 35.7 Å². The molecular formula is C19H23NO4S. The van der Waals surface area contributed by atoms with Crippen molar-refractivity contribution in [3.8, 4) is 5.75 Å². The van der Waals surface area contributed by atoms with Crippen molar-refractivity contribution >= 4 is 17.3 Å². The number of hydrogen-bond acceptors (Lipinski definition) is 6. The fourth-order valence-corrected chi connectivity index (χ4v) is 3.80. The number of nitrogens with zero attached hydrogens (tertiary/aromatic N) is 1. The van der Waals surface area contributed by atoms with Crippen LogP contribution in [0.25, 0.3) is 0 Å². The lowest BCUT2D eigenvalue weighted by Gasteiger charge is -2.28. The first-order valence-corrected chi connectivity index (χ1v) is 9.39. The number of β-amino-alcohol motifs (C(OH)–C–C–N with tert-alkyl or cyclic N) is 1. The maximum atomic E-state index is 11.6. The first-order valence-electron chi connectivity index (χ1n) is 8.51. The molecule has 0 spiro atoms. The summed E-state index contributed by atoms with van der Waals surface area (Å²) in [5, 5.41) is 12.4. The van der Waals surface area contributed by atoms with Crippen LogP contribution in [0.5, 0.6) is 5.75 Å². The molecule has 1 aliphatic rings. The molecule has 0 saturated carbocycles. The van der Waals surface area contributed by atoms with Gasteiger partial charge in [0.1, 0.15) is 18.5 Å². The Balaban J connectivity index is 1.44. The molecule has 6 heteroatoms. The van der Waals surface area contributed by atoms with E-state index in [0.29, 0.717) is 24.5 Å². The second-order valence-corrected chi connectivity index (χ2v) is 7.06. The standard InChI is InChI=1S/C19H23NO4S/c1-2-23-19(22)14-3-5-17(6-4-14)24-13-16(21)12-20-9-7-18-15(11-20)8-10-25-18/h3-6,8,10,16,21H,2,7,9,11-13H2,1H3/t16-/m0/s1. The van der Waals surface area contributed by atoms with Crippen molar-refractivity contribution in [3.05, 3.63) is 51.7 Å². The van der Waals surface area contributed by atoms with Gasteiger partial charge in [-0.15, -0.1) is 11.3 Å². The van der Waals surface area contributed by atoms with Crippen LogP contribution in [0, 0.1) is 0 Å². The minimum Gasteiger partial charge on any atom is -0.491 e. The molecule has 1 aromatic heterocycles. The van der Waals surface area contributed by atoms with Crippen LogP contribution < -0.4 is 4.74 Å². The molecule has 0 fully saturated rings. The van der Waals surface area contributed by atoms with E-state index in [1.807, 2.05) is 11.3 Å². The van der Waals surface area contributed by atoms with Crippen LogP contribution in [0.2, 0.25) is 0 Å². The Morgan fingerprint density at radius 2 is 2.12 bits per heavy atom. The van der Waals surface area contributed by atoms with Gasteiger partial charge in [-0.25, -0.2) is 4.79 Å². The van der Waals surface area contributed by atoms with E-state index in [2.05, 4.69) is 16.3 Å². The summed E-state index contributed by atoms with van der Waals surface area (Å²) < 4.78 is 10.6. The van der Waals surface area contributed by atoms with Gasteiger partial charge < -0.3 is 14.6 Å². The molecule has 0 radical (unpaired) electrons. The highest BCUT2D eigenvalue weighted by Gasteiger charge is 2.19. The number of rotatable bonds is 7. The number of hydrogen-bond donors (Lipinski definition) is 1. The van der Waals surface area contributed by atoms with E-state index in [0.717, 1.165) is 19.5 Å². The third-order valence-corrected chi connectivity index (χ3v) is 5.19. The minimum absolute atomic E-state index is 0.228. The van der Waals surface area contributed by atoms with Crippen LogP contribution >= 0.6 is 11.3 Å². The van der Waals surface area contributed by atoms with Crippen LogP contribution in [0.4, 0.5) is 0 Å². The number of aliphatic hydroxyl groups excluding tert-OH is 1. The van der Waals surface area contributed by atoms with E-state index in [1.165, 1.54) is 10.4 Å². The first-order chi connectivity index (χ1) is 12.2. The lowest BCUT2D eigenvalue weighted by atomic mass is 10.1. The van der Waals surface area contributed by atoms with Gasteiger partial charge in [0.15, 0.2) is 0 Å². The molecule has 0 saturated heterocycles. The van der Waals surface area contributed by atoms with Crippen molar-refractivity contribution in [3.63, 3.8) is 0 Å². The summed E-state index contributed by atoms with van der Waals surface area (Å²) in [6.45, 7) is 4.82. The number of benzene rings is 1. The molecule has 1 aliphatic heterocycles. The highest BCUT2D eigenvalue weighted by Crippen LogP contribution is 2.24. The Hall–Kier alpha value is -1.89. The Bertz CT molecular complexity index is 698. The molecule has 0 bridgehead atoms. The molecule has 1 N–H and O–H groups in total. The first kappa shape index (κ1) is 17.9. The molecule has 2 aromatic rings. The SMILES string of the molecule is CCOC(=O)c1ccc(OC[C@@H](O)CN2CCc3sccc3C2)cc1. The molecule has 134 valence electrons. The number of ether oxygens (including phenoxy) is 2. The van der Waals surface area contributed by atoms with E-state index in [4.69, 9.17) is 9.47 Å². The molecule has 1 atom stereocenters. The van der Waals surface area contributed by atoms with Gasteiger partial charge >= 0.3 is 5.97 Å². The van der Waals surface area contributed by atoms with Crippen molar-refractivity contribution in [1.82, 2.24) is 4.90 Å². The summed E-state index contributed by atoms with van der Waals surface area (Å²) in [6, 6.07) is 8.94. The van der Waals surface area contributed by atoms with Crippen molar-refractivity contribution < 1.29 is 19.4 Å². The lowest BCUT2D eigenvalue weighted by Crippen LogP contribution is -2.38. The predicted octanol–water partition coefficient (Wildman–Crippen LogP) is 2.72. The molecule has 25 heavy (non-hydrogen) atoms. The Kier molecular flexibility index (Phi) is 6.07. The minimum atomic E-state index is -0.551. The van der Waals surface area contributed by atoms with Crippen LogP contribution in [0.1, 0.15) is 27.7 Å². The van der Waals surface area contributed by atoms with Gasteiger partial charge in [0, 0.05) is 24.5 Å². The second-order valence-electron chi connectivity index (χ2n) is 6.06. The number of fused-ring (bicyclic) bond motifs is 1. The zero-order valence-electron chi connectivity index (χ0n) is 14.3. The van der Waals surface area contributed by atoms with Crippen LogP contribution in [0.3, 0.4) is 0 Å². The van der Waals surface area contributed by atoms with Gasteiger partial charge in [-0.05, 0) is 54.6 Å². The van der Waals surface area contributed by atoms with Gasteiger partial charge in [-0.3, -0.25) is 4.90 Å². The zero-order chi connectivity index (χ0) is 17.6. The van der Waals surface area contributed by atoms with Crippen molar-refractivity contribution in [2.24, 2.45) is 0 Å².